The first-order chi connectivity index (χ1) is 17.3. The van der Waals surface area contributed by atoms with Crippen LogP contribution in [0.2, 0.25) is 0 Å². The maximum atomic E-state index is 6.51. The highest BCUT2D eigenvalue weighted by Crippen LogP contribution is 2.38. The highest BCUT2D eigenvalue weighted by molar-refractivity contribution is 6.15. The van der Waals surface area contributed by atoms with Crippen molar-refractivity contribution in [2.24, 2.45) is 0 Å². The first-order valence-corrected chi connectivity index (χ1v) is 11.7. The Kier molecular flexibility index (Phi) is 4.46. The Morgan fingerprint density at radius 3 is 1.97 bits per heavy atom. The monoisotopic (exact) mass is 448 g/mol. The molecule has 0 aliphatic carbocycles. The second kappa shape index (κ2) is 7.93. The smallest absolute Gasteiger partial charge is 0.180 e. The molecule has 7 rings (SSSR count). The molecular weight excluding hydrogens is 428 g/mol. The van der Waals surface area contributed by atoms with Crippen LogP contribution >= 0.6 is 0 Å². The molecule has 0 N–H and O–H groups in total. The molecule has 0 unspecified atom stereocenters. The molecule has 0 spiro atoms. The zero-order valence-electron chi connectivity index (χ0n) is 18.8. The Hall–Kier alpha value is -4.76. The molecule has 0 aliphatic rings. The predicted molar refractivity (Wildman–Crippen MR) is 143 cm³/mol. The van der Waals surface area contributed by atoms with Gasteiger partial charge in [0.25, 0.3) is 0 Å². The normalized spacial score (nSPS) is 11.4. The van der Waals surface area contributed by atoms with Crippen molar-refractivity contribution < 1.29 is 4.42 Å². The van der Waals surface area contributed by atoms with Crippen LogP contribution in [-0.2, 0) is 0 Å². The Morgan fingerprint density at radius 2 is 1.14 bits per heavy atom. The van der Waals surface area contributed by atoms with E-state index < -0.39 is 0 Å². The molecule has 5 aromatic carbocycles. The van der Waals surface area contributed by atoms with E-state index in [1.807, 2.05) is 36.4 Å². The molecule has 7 aromatic rings. The van der Waals surface area contributed by atoms with Crippen LogP contribution in [0.5, 0.6) is 0 Å². The van der Waals surface area contributed by atoms with Crippen molar-refractivity contribution in [2.75, 3.05) is 0 Å². The number of nitrogens with zero attached hydrogens (tertiary/aromatic N) is 2. The third-order valence-corrected chi connectivity index (χ3v) is 6.48. The van der Waals surface area contributed by atoms with E-state index in [-0.39, 0.29) is 0 Å². The number of rotatable bonds is 3. The average Bonchev–Trinajstić information content (AvgIpc) is 3.33. The predicted octanol–water partition coefficient (Wildman–Crippen LogP) is 8.53. The van der Waals surface area contributed by atoms with Crippen molar-refractivity contribution in [3.05, 3.63) is 121 Å². The zero-order valence-corrected chi connectivity index (χ0v) is 18.8. The Morgan fingerprint density at radius 1 is 0.457 bits per heavy atom. The van der Waals surface area contributed by atoms with E-state index in [0.717, 1.165) is 49.6 Å². The standard InChI is InChI=1S/C32H20N2O/c1-3-10-21(11-4-1)24-15-9-16-25(20-24)32-33-28(23-13-5-2-6-14-23)31-29(34-32)27-19-18-22-12-7-8-17-26(22)30(27)35-31/h1-20H. The maximum Gasteiger partial charge on any atom is 0.180 e. The Balaban J connectivity index is 1.53. The van der Waals surface area contributed by atoms with E-state index in [4.69, 9.17) is 14.4 Å². The number of benzene rings is 5. The number of hydrogen-bond acceptors (Lipinski definition) is 3. The lowest BCUT2D eigenvalue weighted by Crippen LogP contribution is -1.94. The van der Waals surface area contributed by atoms with Gasteiger partial charge in [0.2, 0.25) is 0 Å². The first kappa shape index (κ1) is 19.7. The highest BCUT2D eigenvalue weighted by Gasteiger charge is 2.19. The van der Waals surface area contributed by atoms with Crippen LogP contribution in [0.25, 0.3) is 66.6 Å². The lowest BCUT2D eigenvalue weighted by molar-refractivity contribution is 0.671. The van der Waals surface area contributed by atoms with E-state index in [1.165, 1.54) is 5.56 Å². The third kappa shape index (κ3) is 3.29. The van der Waals surface area contributed by atoms with Gasteiger partial charge >= 0.3 is 0 Å². The fourth-order valence-corrected chi connectivity index (χ4v) is 4.76. The van der Waals surface area contributed by atoms with Crippen LogP contribution < -0.4 is 0 Å². The van der Waals surface area contributed by atoms with Crippen molar-refractivity contribution in [3.63, 3.8) is 0 Å². The minimum Gasteiger partial charge on any atom is -0.451 e. The van der Waals surface area contributed by atoms with Gasteiger partial charge in [0.05, 0.1) is 0 Å². The summed E-state index contributed by atoms with van der Waals surface area (Å²) in [6.07, 6.45) is 0. The van der Waals surface area contributed by atoms with Crippen LogP contribution in [0.3, 0.4) is 0 Å². The fraction of sp³-hybridized carbons (Fsp3) is 0. The summed E-state index contributed by atoms with van der Waals surface area (Å²) in [6.45, 7) is 0. The molecule has 2 heterocycles. The second-order valence-corrected chi connectivity index (χ2v) is 8.65. The molecule has 2 aromatic heterocycles. The van der Waals surface area contributed by atoms with Gasteiger partial charge in [-0.1, -0.05) is 109 Å². The summed E-state index contributed by atoms with van der Waals surface area (Å²) in [5.41, 5.74) is 7.47. The van der Waals surface area contributed by atoms with Gasteiger partial charge in [0.1, 0.15) is 16.8 Å². The van der Waals surface area contributed by atoms with E-state index >= 15 is 0 Å². The van der Waals surface area contributed by atoms with Crippen LogP contribution in [-0.4, -0.2) is 9.97 Å². The van der Waals surface area contributed by atoms with Gasteiger partial charge in [0, 0.05) is 21.9 Å². The summed E-state index contributed by atoms with van der Waals surface area (Å²) in [4.78, 5) is 10.1. The van der Waals surface area contributed by atoms with E-state index in [9.17, 15) is 0 Å². The van der Waals surface area contributed by atoms with E-state index in [1.54, 1.807) is 0 Å². The first-order valence-electron chi connectivity index (χ1n) is 11.7. The minimum absolute atomic E-state index is 0.685. The molecule has 3 nitrogen and oxygen atoms in total. The summed E-state index contributed by atoms with van der Waals surface area (Å²) in [5.74, 6) is 0.685. The largest absolute Gasteiger partial charge is 0.451 e. The van der Waals surface area contributed by atoms with Crippen LogP contribution in [0.1, 0.15) is 0 Å². The summed E-state index contributed by atoms with van der Waals surface area (Å²) in [7, 11) is 0. The molecule has 0 fully saturated rings. The highest BCUT2D eigenvalue weighted by atomic mass is 16.3. The van der Waals surface area contributed by atoms with Gasteiger partial charge in [-0.25, -0.2) is 9.97 Å². The van der Waals surface area contributed by atoms with Crippen molar-refractivity contribution in [1.29, 1.82) is 0 Å². The molecule has 0 bridgehead atoms. The summed E-state index contributed by atoms with van der Waals surface area (Å²) < 4.78 is 6.51. The molecule has 0 radical (unpaired) electrons. The third-order valence-electron chi connectivity index (χ3n) is 6.48. The molecule has 164 valence electrons. The lowest BCUT2D eigenvalue weighted by Gasteiger charge is -2.08. The topological polar surface area (TPSA) is 38.9 Å². The number of hydrogen-bond donors (Lipinski definition) is 0. The summed E-state index contributed by atoms with van der Waals surface area (Å²) in [6, 6.07) is 41.5. The van der Waals surface area contributed by atoms with E-state index in [0.29, 0.717) is 11.4 Å². The van der Waals surface area contributed by atoms with Gasteiger partial charge in [-0.05, 0) is 28.6 Å². The molecule has 0 aliphatic heterocycles. The lowest BCUT2D eigenvalue weighted by atomic mass is 10.0. The SMILES string of the molecule is c1ccc(-c2cccc(-c3nc(-c4ccccc4)c4oc5c6ccccc6ccc5c4n3)c2)cc1. The summed E-state index contributed by atoms with van der Waals surface area (Å²) >= 11 is 0. The van der Waals surface area contributed by atoms with Crippen molar-refractivity contribution in [1.82, 2.24) is 9.97 Å². The molecular formula is C32H20N2O. The molecule has 0 atom stereocenters. The van der Waals surface area contributed by atoms with Gasteiger partial charge in [-0.3, -0.25) is 0 Å². The fourth-order valence-electron chi connectivity index (χ4n) is 4.76. The summed E-state index contributed by atoms with van der Waals surface area (Å²) in [5, 5.41) is 3.22. The molecule has 0 amide bonds. The van der Waals surface area contributed by atoms with Crippen molar-refractivity contribution in [3.8, 4) is 33.8 Å². The van der Waals surface area contributed by atoms with E-state index in [2.05, 4.69) is 84.9 Å². The Labute approximate surface area is 202 Å². The minimum atomic E-state index is 0.685. The van der Waals surface area contributed by atoms with Crippen LogP contribution in [0.4, 0.5) is 0 Å². The van der Waals surface area contributed by atoms with Gasteiger partial charge in [0.15, 0.2) is 11.4 Å². The maximum absolute atomic E-state index is 6.51. The van der Waals surface area contributed by atoms with Crippen LogP contribution in [0, 0.1) is 0 Å². The molecule has 35 heavy (non-hydrogen) atoms. The van der Waals surface area contributed by atoms with Crippen molar-refractivity contribution >= 4 is 32.8 Å². The average molecular weight is 449 g/mol. The zero-order chi connectivity index (χ0) is 23.2. The van der Waals surface area contributed by atoms with Crippen LogP contribution in [0.15, 0.2) is 126 Å². The molecule has 3 heteroatoms. The Bertz CT molecular complexity index is 1840. The molecule has 0 saturated heterocycles. The number of aromatic nitrogens is 2. The number of fused-ring (bicyclic) bond motifs is 5. The molecule has 0 saturated carbocycles. The van der Waals surface area contributed by atoms with Gasteiger partial charge in [-0.15, -0.1) is 0 Å². The van der Waals surface area contributed by atoms with Gasteiger partial charge < -0.3 is 4.42 Å². The van der Waals surface area contributed by atoms with Crippen molar-refractivity contribution in [2.45, 2.75) is 0 Å². The second-order valence-electron chi connectivity index (χ2n) is 8.65. The quantitative estimate of drug-likeness (QED) is 0.272. The number of furan rings is 1. The van der Waals surface area contributed by atoms with Gasteiger partial charge in [-0.2, -0.15) is 0 Å².